The van der Waals surface area contributed by atoms with E-state index >= 15 is 0 Å². The Kier molecular flexibility index (Phi) is 7.42. The summed E-state index contributed by atoms with van der Waals surface area (Å²) in [6, 6.07) is 5.69. The molecule has 1 saturated heterocycles. The summed E-state index contributed by atoms with van der Waals surface area (Å²) in [5.74, 6) is 0.802. The number of ether oxygens (including phenoxy) is 1. The summed E-state index contributed by atoms with van der Waals surface area (Å²) < 4.78 is 18.9. The van der Waals surface area contributed by atoms with E-state index in [4.69, 9.17) is 4.74 Å². The molecule has 22 heavy (non-hydrogen) atoms. The number of hydrogen-bond acceptors (Lipinski definition) is 3. The molecule has 2 N–H and O–H groups in total. The van der Waals surface area contributed by atoms with Crippen molar-refractivity contribution in [1.29, 1.82) is 0 Å². The minimum Gasteiger partial charge on any atom is -0.497 e. The van der Waals surface area contributed by atoms with Crippen LogP contribution in [-0.2, 0) is 0 Å². The van der Waals surface area contributed by atoms with Gasteiger partial charge in [0.05, 0.1) is 13.2 Å². The van der Waals surface area contributed by atoms with Crippen LogP contribution in [0.25, 0.3) is 10.9 Å². The highest BCUT2D eigenvalue weighted by Crippen LogP contribution is 2.31. The van der Waals surface area contributed by atoms with Crippen LogP contribution in [0.5, 0.6) is 5.75 Å². The molecule has 4 nitrogen and oxygen atoms in total. The number of nitrogens with zero attached hydrogens (tertiary/aromatic N) is 1. The van der Waals surface area contributed by atoms with Crippen molar-refractivity contribution < 1.29 is 9.13 Å². The van der Waals surface area contributed by atoms with Gasteiger partial charge in [-0.2, -0.15) is 0 Å². The Morgan fingerprint density at radius 2 is 2.00 bits per heavy atom. The van der Waals surface area contributed by atoms with Crippen molar-refractivity contribution in [3.63, 3.8) is 0 Å². The van der Waals surface area contributed by atoms with Crippen molar-refractivity contribution in [2.75, 3.05) is 40.0 Å². The van der Waals surface area contributed by atoms with Gasteiger partial charge in [0.2, 0.25) is 0 Å². The fourth-order valence-corrected chi connectivity index (χ4v) is 2.90. The predicted octanol–water partition coefficient (Wildman–Crippen LogP) is 2.94. The molecule has 0 saturated carbocycles. The van der Waals surface area contributed by atoms with Crippen LogP contribution >= 0.6 is 24.8 Å². The largest absolute Gasteiger partial charge is 0.497 e. The Labute approximate surface area is 142 Å². The Bertz CT molecular complexity index is 587. The van der Waals surface area contributed by atoms with Crippen LogP contribution in [0.2, 0.25) is 0 Å². The number of aromatic amines is 1. The van der Waals surface area contributed by atoms with Crippen LogP contribution < -0.4 is 10.1 Å². The summed E-state index contributed by atoms with van der Waals surface area (Å²) in [7, 11) is 1.65. The molecule has 2 aromatic rings. The van der Waals surface area contributed by atoms with Gasteiger partial charge < -0.3 is 15.0 Å². The van der Waals surface area contributed by atoms with Crippen molar-refractivity contribution in [3.05, 3.63) is 30.0 Å². The number of alkyl halides is 1. The maximum absolute atomic E-state index is 13.6. The minimum absolute atomic E-state index is 0. The van der Waals surface area contributed by atoms with Crippen molar-refractivity contribution in [2.45, 2.75) is 6.04 Å². The second-order valence-electron chi connectivity index (χ2n) is 5.11. The molecule has 0 radical (unpaired) electrons. The third-order valence-electron chi connectivity index (χ3n) is 4.02. The Balaban J connectivity index is 0.00000121. The van der Waals surface area contributed by atoms with Crippen LogP contribution in [0.3, 0.4) is 0 Å². The quantitative estimate of drug-likeness (QED) is 0.891. The first-order valence-corrected chi connectivity index (χ1v) is 6.99. The SMILES string of the molecule is COc1ccc2[nH]cc([C@@H](CF)N3CCNCC3)c2c1.Cl.Cl. The number of rotatable bonds is 4. The Morgan fingerprint density at radius 1 is 1.27 bits per heavy atom. The van der Waals surface area contributed by atoms with Crippen LogP contribution in [0.1, 0.15) is 11.6 Å². The summed E-state index contributed by atoms with van der Waals surface area (Å²) in [5.41, 5.74) is 2.04. The normalized spacial score (nSPS) is 16.6. The number of halogens is 3. The van der Waals surface area contributed by atoms with Crippen LogP contribution in [0.15, 0.2) is 24.4 Å². The predicted molar refractivity (Wildman–Crippen MR) is 92.5 cm³/mol. The van der Waals surface area contributed by atoms with Crippen molar-refractivity contribution in [3.8, 4) is 5.75 Å². The van der Waals surface area contributed by atoms with Crippen LogP contribution in [0, 0.1) is 0 Å². The van der Waals surface area contributed by atoms with Crippen LogP contribution in [-0.4, -0.2) is 49.8 Å². The Morgan fingerprint density at radius 3 is 2.64 bits per heavy atom. The average molecular weight is 350 g/mol. The lowest BCUT2D eigenvalue weighted by Crippen LogP contribution is -2.45. The number of benzene rings is 1. The van der Waals surface area contributed by atoms with E-state index in [9.17, 15) is 4.39 Å². The topological polar surface area (TPSA) is 40.3 Å². The van der Waals surface area contributed by atoms with Crippen LogP contribution in [0.4, 0.5) is 4.39 Å². The molecular weight excluding hydrogens is 328 g/mol. The van der Waals surface area contributed by atoms with E-state index in [1.165, 1.54) is 0 Å². The van der Waals surface area contributed by atoms with Gasteiger partial charge in [-0.3, -0.25) is 4.90 Å². The van der Waals surface area contributed by atoms with Gasteiger partial charge in [0, 0.05) is 43.3 Å². The summed E-state index contributed by atoms with van der Waals surface area (Å²) in [6.07, 6.45) is 1.93. The monoisotopic (exact) mass is 349 g/mol. The van der Waals surface area contributed by atoms with Gasteiger partial charge in [0.25, 0.3) is 0 Å². The molecule has 0 bridgehead atoms. The number of H-pyrrole nitrogens is 1. The molecule has 1 fully saturated rings. The number of nitrogens with one attached hydrogen (secondary N) is 2. The minimum atomic E-state index is -0.371. The molecule has 2 heterocycles. The number of aromatic nitrogens is 1. The molecule has 1 aliphatic rings. The van der Waals surface area contributed by atoms with Gasteiger partial charge >= 0.3 is 0 Å². The summed E-state index contributed by atoms with van der Waals surface area (Å²) in [5, 5.41) is 4.35. The zero-order valence-corrected chi connectivity index (χ0v) is 14.1. The first-order chi connectivity index (χ1) is 9.83. The van der Waals surface area contributed by atoms with E-state index in [1.54, 1.807) is 7.11 Å². The number of piperazine rings is 1. The molecule has 0 unspecified atom stereocenters. The standard InChI is InChI=1S/C15H20FN3O.2ClH/c1-20-11-2-3-14-12(8-11)13(10-18-14)15(9-16)19-6-4-17-5-7-19;;/h2-3,8,10,15,17-18H,4-7,9H2,1H3;2*1H/t15-;;/m1../s1. The molecular formula is C15H22Cl2FN3O. The number of hydrogen-bond donors (Lipinski definition) is 2. The van der Waals surface area contributed by atoms with Gasteiger partial charge in [-0.15, -0.1) is 24.8 Å². The highest BCUT2D eigenvalue weighted by Gasteiger charge is 2.24. The first kappa shape index (κ1) is 19.0. The van der Waals surface area contributed by atoms with Crippen molar-refractivity contribution >= 4 is 35.7 Å². The number of methoxy groups -OCH3 is 1. The third-order valence-corrected chi connectivity index (χ3v) is 4.02. The zero-order valence-electron chi connectivity index (χ0n) is 12.5. The number of fused-ring (bicyclic) bond motifs is 1. The molecule has 0 aliphatic carbocycles. The molecule has 1 atom stereocenters. The van der Waals surface area contributed by atoms with Gasteiger partial charge in [0.15, 0.2) is 0 Å². The van der Waals surface area contributed by atoms with E-state index < -0.39 is 0 Å². The lowest BCUT2D eigenvalue weighted by molar-refractivity contribution is 0.148. The van der Waals surface area contributed by atoms with Gasteiger partial charge in [-0.1, -0.05) is 0 Å². The molecule has 1 aliphatic heterocycles. The third kappa shape index (κ3) is 3.66. The van der Waals surface area contributed by atoms with Crippen molar-refractivity contribution in [2.24, 2.45) is 0 Å². The smallest absolute Gasteiger partial charge is 0.119 e. The fraction of sp³-hybridized carbons (Fsp3) is 0.467. The first-order valence-electron chi connectivity index (χ1n) is 6.99. The van der Waals surface area contributed by atoms with Gasteiger partial charge in [-0.25, -0.2) is 4.39 Å². The van der Waals surface area contributed by atoms with E-state index in [0.717, 1.165) is 48.4 Å². The second kappa shape index (κ2) is 8.58. The zero-order chi connectivity index (χ0) is 13.9. The summed E-state index contributed by atoms with van der Waals surface area (Å²) in [6.45, 7) is 3.23. The van der Waals surface area contributed by atoms with Gasteiger partial charge in [0.1, 0.15) is 12.4 Å². The molecule has 1 aromatic carbocycles. The molecule has 124 valence electrons. The molecule has 7 heteroatoms. The lowest BCUT2D eigenvalue weighted by atomic mass is 10.0. The lowest BCUT2D eigenvalue weighted by Gasteiger charge is -2.33. The second-order valence-corrected chi connectivity index (χ2v) is 5.11. The maximum Gasteiger partial charge on any atom is 0.119 e. The summed E-state index contributed by atoms with van der Waals surface area (Å²) >= 11 is 0. The highest BCUT2D eigenvalue weighted by atomic mass is 35.5. The van der Waals surface area contributed by atoms with E-state index in [2.05, 4.69) is 15.2 Å². The van der Waals surface area contributed by atoms with Gasteiger partial charge in [-0.05, 0) is 23.8 Å². The fourth-order valence-electron chi connectivity index (χ4n) is 2.90. The average Bonchev–Trinajstić information content (AvgIpc) is 2.92. The summed E-state index contributed by atoms with van der Waals surface area (Å²) in [4.78, 5) is 5.44. The highest BCUT2D eigenvalue weighted by molar-refractivity contribution is 5.86. The van der Waals surface area contributed by atoms with E-state index in [-0.39, 0.29) is 37.5 Å². The van der Waals surface area contributed by atoms with Crippen molar-refractivity contribution in [1.82, 2.24) is 15.2 Å². The molecule has 0 amide bonds. The molecule has 1 aromatic heterocycles. The Hall–Kier alpha value is -1.01. The maximum atomic E-state index is 13.6. The van der Waals surface area contributed by atoms with E-state index in [0.29, 0.717) is 0 Å². The van der Waals surface area contributed by atoms with E-state index in [1.807, 2.05) is 24.4 Å². The molecule has 3 rings (SSSR count). The molecule has 0 spiro atoms.